The van der Waals surface area contributed by atoms with Crippen LogP contribution in [-0.2, 0) is 6.54 Å². The van der Waals surface area contributed by atoms with Crippen molar-refractivity contribution < 1.29 is 9.59 Å². The molecule has 6 heteroatoms. The number of nitrogens with zero attached hydrogens (tertiary/aromatic N) is 1. The maximum atomic E-state index is 12.2. The van der Waals surface area contributed by atoms with E-state index in [1.165, 1.54) is 6.33 Å². The van der Waals surface area contributed by atoms with Crippen LogP contribution in [0.25, 0.3) is 0 Å². The summed E-state index contributed by atoms with van der Waals surface area (Å²) in [7, 11) is 0. The van der Waals surface area contributed by atoms with Crippen LogP contribution in [0.4, 0.5) is 0 Å². The molecule has 22 heavy (non-hydrogen) atoms. The van der Waals surface area contributed by atoms with Crippen LogP contribution < -0.4 is 10.6 Å². The fraction of sp³-hybridized carbons (Fsp3) is 0.312. The third-order valence-corrected chi connectivity index (χ3v) is 3.63. The zero-order valence-electron chi connectivity index (χ0n) is 12.1. The standard InChI is InChI=1S/C16H18N4O2/c21-15(17-8-11-4-2-1-3-5-11)13-14(20-10-19-13)16(22)18-9-12-6-7-12/h1-5,10,12H,6-9H2,(H,17,21)(H,18,22)(H,19,20). The lowest BCUT2D eigenvalue weighted by atomic mass is 10.2. The number of hydrogen-bond donors (Lipinski definition) is 3. The van der Waals surface area contributed by atoms with Crippen molar-refractivity contribution in [2.45, 2.75) is 19.4 Å². The van der Waals surface area contributed by atoms with Crippen LogP contribution in [0, 0.1) is 5.92 Å². The van der Waals surface area contributed by atoms with Gasteiger partial charge in [0.15, 0.2) is 5.69 Å². The predicted octanol–water partition coefficient (Wildman–Crippen LogP) is 1.48. The van der Waals surface area contributed by atoms with Gasteiger partial charge in [-0.1, -0.05) is 30.3 Å². The smallest absolute Gasteiger partial charge is 0.272 e. The first-order valence-corrected chi connectivity index (χ1v) is 7.37. The Labute approximate surface area is 128 Å². The summed E-state index contributed by atoms with van der Waals surface area (Å²) in [6, 6.07) is 9.60. The number of rotatable bonds is 6. The van der Waals surface area contributed by atoms with Gasteiger partial charge < -0.3 is 15.6 Å². The topological polar surface area (TPSA) is 86.9 Å². The summed E-state index contributed by atoms with van der Waals surface area (Å²) in [5, 5.41) is 5.60. The highest BCUT2D eigenvalue weighted by molar-refractivity contribution is 6.04. The molecular formula is C16H18N4O2. The highest BCUT2D eigenvalue weighted by Crippen LogP contribution is 2.27. The van der Waals surface area contributed by atoms with Crippen LogP contribution in [0.2, 0.25) is 0 Å². The number of carbonyl (C=O) groups is 2. The first-order valence-electron chi connectivity index (χ1n) is 7.37. The largest absolute Gasteiger partial charge is 0.350 e. The summed E-state index contributed by atoms with van der Waals surface area (Å²) in [4.78, 5) is 31.0. The van der Waals surface area contributed by atoms with Crippen molar-refractivity contribution in [2.24, 2.45) is 5.92 Å². The molecule has 0 bridgehead atoms. The molecule has 2 aromatic rings. The number of benzene rings is 1. The van der Waals surface area contributed by atoms with Gasteiger partial charge in [0, 0.05) is 13.1 Å². The highest BCUT2D eigenvalue weighted by Gasteiger charge is 2.24. The predicted molar refractivity (Wildman–Crippen MR) is 81.3 cm³/mol. The lowest BCUT2D eigenvalue weighted by molar-refractivity contribution is 0.0912. The Hall–Kier alpha value is -2.63. The molecule has 1 aromatic heterocycles. The zero-order valence-corrected chi connectivity index (χ0v) is 12.1. The van der Waals surface area contributed by atoms with Crippen LogP contribution in [-0.4, -0.2) is 28.3 Å². The number of imidazole rings is 1. The Morgan fingerprint density at radius 2 is 1.91 bits per heavy atom. The molecule has 114 valence electrons. The molecule has 1 heterocycles. The first kappa shape index (κ1) is 14.3. The van der Waals surface area contributed by atoms with E-state index in [1.807, 2.05) is 30.3 Å². The number of aromatic amines is 1. The summed E-state index contributed by atoms with van der Waals surface area (Å²) in [6.07, 6.45) is 3.68. The molecule has 0 atom stereocenters. The molecule has 1 aliphatic rings. The van der Waals surface area contributed by atoms with E-state index < -0.39 is 0 Å². The van der Waals surface area contributed by atoms with Crippen molar-refractivity contribution in [3.8, 4) is 0 Å². The second-order valence-corrected chi connectivity index (χ2v) is 5.45. The van der Waals surface area contributed by atoms with Crippen LogP contribution in [0.5, 0.6) is 0 Å². The van der Waals surface area contributed by atoms with E-state index in [9.17, 15) is 9.59 Å². The summed E-state index contributed by atoms with van der Waals surface area (Å²) in [5.74, 6) is -0.0609. The van der Waals surface area contributed by atoms with Gasteiger partial charge >= 0.3 is 0 Å². The Kier molecular flexibility index (Phi) is 4.18. The quantitative estimate of drug-likeness (QED) is 0.755. The van der Waals surface area contributed by atoms with Crippen molar-refractivity contribution in [3.05, 3.63) is 53.6 Å². The lowest BCUT2D eigenvalue weighted by Crippen LogP contribution is -2.30. The van der Waals surface area contributed by atoms with E-state index in [2.05, 4.69) is 20.6 Å². The lowest BCUT2D eigenvalue weighted by Gasteiger charge is -2.06. The molecule has 1 aromatic carbocycles. The van der Waals surface area contributed by atoms with Gasteiger partial charge in [-0.2, -0.15) is 0 Å². The Morgan fingerprint density at radius 1 is 1.14 bits per heavy atom. The molecule has 0 saturated heterocycles. The molecule has 0 unspecified atom stereocenters. The summed E-state index contributed by atoms with van der Waals surface area (Å²) in [6.45, 7) is 1.05. The number of amides is 2. The number of nitrogens with one attached hydrogen (secondary N) is 3. The van der Waals surface area contributed by atoms with E-state index in [0.29, 0.717) is 19.0 Å². The van der Waals surface area contributed by atoms with Crippen molar-refractivity contribution in [3.63, 3.8) is 0 Å². The van der Waals surface area contributed by atoms with E-state index in [1.54, 1.807) is 0 Å². The van der Waals surface area contributed by atoms with Gasteiger partial charge in [-0.3, -0.25) is 9.59 Å². The van der Waals surface area contributed by atoms with Gasteiger partial charge in [0.05, 0.1) is 6.33 Å². The number of hydrogen-bond acceptors (Lipinski definition) is 3. The molecule has 0 spiro atoms. The molecular weight excluding hydrogens is 280 g/mol. The minimum atomic E-state index is -0.335. The fourth-order valence-electron chi connectivity index (χ4n) is 2.15. The molecule has 1 aliphatic carbocycles. The number of carbonyl (C=O) groups excluding carboxylic acids is 2. The van der Waals surface area contributed by atoms with E-state index in [-0.39, 0.29) is 23.2 Å². The van der Waals surface area contributed by atoms with Crippen LogP contribution in [0.15, 0.2) is 36.7 Å². The molecule has 0 aliphatic heterocycles. The second kappa shape index (κ2) is 6.43. The van der Waals surface area contributed by atoms with Gasteiger partial charge in [0.2, 0.25) is 0 Å². The minimum absolute atomic E-state index is 0.145. The average molecular weight is 298 g/mol. The average Bonchev–Trinajstić information content (AvgIpc) is 3.25. The van der Waals surface area contributed by atoms with Crippen LogP contribution in [0.1, 0.15) is 39.4 Å². The van der Waals surface area contributed by atoms with Crippen molar-refractivity contribution in [1.82, 2.24) is 20.6 Å². The van der Waals surface area contributed by atoms with Crippen LogP contribution >= 0.6 is 0 Å². The Morgan fingerprint density at radius 3 is 2.64 bits per heavy atom. The molecule has 3 N–H and O–H groups in total. The highest BCUT2D eigenvalue weighted by atomic mass is 16.2. The molecule has 1 saturated carbocycles. The molecule has 0 radical (unpaired) electrons. The third-order valence-electron chi connectivity index (χ3n) is 3.63. The maximum Gasteiger partial charge on any atom is 0.272 e. The minimum Gasteiger partial charge on any atom is -0.350 e. The van der Waals surface area contributed by atoms with E-state index in [0.717, 1.165) is 18.4 Å². The maximum absolute atomic E-state index is 12.2. The Bertz CT molecular complexity index is 662. The molecule has 2 amide bonds. The summed E-state index contributed by atoms with van der Waals surface area (Å²) in [5.41, 5.74) is 1.34. The fourth-order valence-corrected chi connectivity index (χ4v) is 2.15. The van der Waals surface area contributed by atoms with Gasteiger partial charge in [-0.05, 0) is 24.3 Å². The second-order valence-electron chi connectivity index (χ2n) is 5.45. The van der Waals surface area contributed by atoms with Crippen LogP contribution in [0.3, 0.4) is 0 Å². The summed E-state index contributed by atoms with van der Waals surface area (Å²) >= 11 is 0. The first-order chi connectivity index (χ1) is 10.7. The van der Waals surface area contributed by atoms with Gasteiger partial charge in [0.1, 0.15) is 5.69 Å². The number of H-pyrrole nitrogens is 1. The van der Waals surface area contributed by atoms with Crippen molar-refractivity contribution in [1.29, 1.82) is 0 Å². The van der Waals surface area contributed by atoms with Crippen molar-refractivity contribution >= 4 is 11.8 Å². The van der Waals surface area contributed by atoms with Gasteiger partial charge in [-0.15, -0.1) is 0 Å². The number of aromatic nitrogens is 2. The van der Waals surface area contributed by atoms with E-state index >= 15 is 0 Å². The molecule has 6 nitrogen and oxygen atoms in total. The third kappa shape index (κ3) is 3.52. The summed E-state index contributed by atoms with van der Waals surface area (Å²) < 4.78 is 0. The van der Waals surface area contributed by atoms with Crippen molar-refractivity contribution in [2.75, 3.05) is 6.54 Å². The normalized spacial score (nSPS) is 13.6. The van der Waals surface area contributed by atoms with E-state index in [4.69, 9.17) is 0 Å². The SMILES string of the molecule is O=C(NCC1CC1)c1nc[nH]c1C(=O)NCc1ccccc1. The van der Waals surface area contributed by atoms with Gasteiger partial charge in [0.25, 0.3) is 11.8 Å². The Balaban J connectivity index is 1.60. The molecule has 1 fully saturated rings. The monoisotopic (exact) mass is 298 g/mol. The zero-order chi connectivity index (χ0) is 15.4. The molecule has 3 rings (SSSR count). The van der Waals surface area contributed by atoms with Gasteiger partial charge in [-0.25, -0.2) is 4.98 Å².